The van der Waals surface area contributed by atoms with Gasteiger partial charge in [0.25, 0.3) is 0 Å². The fraction of sp³-hybridized carbons (Fsp3) is 0.400. The number of rotatable bonds is 11. The van der Waals surface area contributed by atoms with E-state index in [1.165, 1.54) is 11.8 Å². The van der Waals surface area contributed by atoms with Crippen LogP contribution in [-0.4, -0.2) is 52.5 Å². The number of carboxylic acids is 1. The second-order valence-electron chi connectivity index (χ2n) is 8.72. The first-order chi connectivity index (χ1) is 16.1. The standard InChI is InChI=1S/C25H32N2O6S/c1-24(2,3)33-23(31)27-25(21(28)29,16-19-10-6-4-7-11-19)18-34-15-14-26-22(30)32-17-20-12-8-5-9-13-20/h4-13H,14-18H2,1-3H3,(H,26,30)(H,27,31)(H,28,29)/t25-/m0/s1. The summed E-state index contributed by atoms with van der Waals surface area (Å²) in [5.41, 5.74) is -0.697. The van der Waals surface area contributed by atoms with Crippen LogP contribution in [-0.2, 0) is 27.3 Å². The van der Waals surface area contributed by atoms with Gasteiger partial charge in [-0.05, 0) is 31.9 Å². The van der Waals surface area contributed by atoms with Crippen LogP contribution in [0.25, 0.3) is 0 Å². The molecule has 0 aliphatic rings. The van der Waals surface area contributed by atoms with E-state index in [9.17, 15) is 19.5 Å². The maximum atomic E-state index is 12.5. The highest BCUT2D eigenvalue weighted by molar-refractivity contribution is 7.99. The van der Waals surface area contributed by atoms with Gasteiger partial charge in [0.15, 0.2) is 5.54 Å². The Bertz CT molecular complexity index is 933. The van der Waals surface area contributed by atoms with Gasteiger partial charge >= 0.3 is 18.2 Å². The molecule has 2 aromatic rings. The average molecular weight is 489 g/mol. The molecule has 0 radical (unpaired) electrons. The highest BCUT2D eigenvalue weighted by Crippen LogP contribution is 2.21. The Hall–Kier alpha value is -3.20. The predicted molar refractivity (Wildman–Crippen MR) is 132 cm³/mol. The Labute approximate surface area is 204 Å². The van der Waals surface area contributed by atoms with Crippen LogP contribution in [0, 0.1) is 0 Å². The van der Waals surface area contributed by atoms with Crippen LogP contribution in [0.1, 0.15) is 31.9 Å². The summed E-state index contributed by atoms with van der Waals surface area (Å²) in [4.78, 5) is 36.7. The summed E-state index contributed by atoms with van der Waals surface area (Å²) in [7, 11) is 0. The Morgan fingerprint density at radius 2 is 1.50 bits per heavy atom. The summed E-state index contributed by atoms with van der Waals surface area (Å²) in [5, 5.41) is 15.3. The van der Waals surface area contributed by atoms with Crippen molar-refractivity contribution < 1.29 is 29.0 Å². The first-order valence-corrected chi connectivity index (χ1v) is 12.1. The molecule has 34 heavy (non-hydrogen) atoms. The number of ether oxygens (including phenoxy) is 2. The summed E-state index contributed by atoms with van der Waals surface area (Å²) >= 11 is 1.30. The quantitative estimate of drug-likeness (QED) is 0.406. The second-order valence-corrected chi connectivity index (χ2v) is 9.82. The van der Waals surface area contributed by atoms with E-state index in [0.29, 0.717) is 5.75 Å². The number of nitrogens with one attached hydrogen (secondary N) is 2. The minimum Gasteiger partial charge on any atom is -0.479 e. The molecule has 0 aromatic heterocycles. The van der Waals surface area contributed by atoms with Crippen LogP contribution < -0.4 is 10.6 Å². The van der Waals surface area contributed by atoms with Crippen LogP contribution in [0.3, 0.4) is 0 Å². The predicted octanol–water partition coefficient (Wildman–Crippen LogP) is 4.24. The van der Waals surface area contributed by atoms with Crippen LogP contribution in [0.5, 0.6) is 0 Å². The maximum Gasteiger partial charge on any atom is 0.408 e. The molecule has 2 aromatic carbocycles. The van der Waals surface area contributed by atoms with E-state index in [1.54, 1.807) is 20.8 Å². The van der Waals surface area contributed by atoms with E-state index in [4.69, 9.17) is 9.47 Å². The smallest absolute Gasteiger partial charge is 0.408 e. The maximum absolute atomic E-state index is 12.5. The van der Waals surface area contributed by atoms with Gasteiger partial charge in [0.05, 0.1) is 0 Å². The lowest BCUT2D eigenvalue weighted by Crippen LogP contribution is -2.59. The van der Waals surface area contributed by atoms with E-state index in [2.05, 4.69) is 10.6 Å². The lowest BCUT2D eigenvalue weighted by molar-refractivity contribution is -0.143. The molecular formula is C25H32N2O6S. The van der Waals surface area contributed by atoms with Gasteiger partial charge in [-0.15, -0.1) is 0 Å². The molecule has 2 rings (SSSR count). The van der Waals surface area contributed by atoms with Gasteiger partial charge in [0, 0.05) is 24.5 Å². The zero-order valence-electron chi connectivity index (χ0n) is 19.7. The van der Waals surface area contributed by atoms with Crippen molar-refractivity contribution in [2.45, 2.75) is 44.9 Å². The highest BCUT2D eigenvalue weighted by Gasteiger charge is 2.41. The number of carboxylic acid groups (broad SMARTS) is 1. The highest BCUT2D eigenvalue weighted by atomic mass is 32.2. The number of alkyl carbamates (subject to hydrolysis) is 2. The van der Waals surface area contributed by atoms with E-state index in [-0.39, 0.29) is 25.3 Å². The minimum absolute atomic E-state index is 0.0806. The number of benzene rings is 2. The molecule has 0 bridgehead atoms. The summed E-state index contributed by atoms with van der Waals surface area (Å²) in [6, 6.07) is 18.4. The zero-order valence-corrected chi connectivity index (χ0v) is 20.5. The summed E-state index contributed by atoms with van der Waals surface area (Å²) in [6.07, 6.45) is -1.26. The number of amides is 2. The van der Waals surface area contributed by atoms with Gasteiger partial charge in [-0.3, -0.25) is 0 Å². The van der Waals surface area contributed by atoms with Crippen molar-refractivity contribution in [3.05, 3.63) is 71.8 Å². The minimum atomic E-state index is -1.58. The van der Waals surface area contributed by atoms with E-state index in [0.717, 1.165) is 11.1 Å². The lowest BCUT2D eigenvalue weighted by atomic mass is 9.93. The van der Waals surface area contributed by atoms with Gasteiger partial charge in [0.2, 0.25) is 0 Å². The molecule has 3 N–H and O–H groups in total. The first kappa shape index (κ1) is 27.0. The topological polar surface area (TPSA) is 114 Å². The fourth-order valence-electron chi connectivity index (χ4n) is 3.01. The van der Waals surface area contributed by atoms with Crippen molar-refractivity contribution in [1.29, 1.82) is 0 Å². The Morgan fingerprint density at radius 1 is 0.912 bits per heavy atom. The summed E-state index contributed by atoms with van der Waals surface area (Å²) in [6.45, 7) is 5.58. The van der Waals surface area contributed by atoms with Gasteiger partial charge in [0.1, 0.15) is 12.2 Å². The molecule has 9 heteroatoms. The second kappa shape index (κ2) is 12.9. The average Bonchev–Trinajstić information content (AvgIpc) is 2.77. The number of aliphatic carboxylic acids is 1. The molecule has 0 unspecified atom stereocenters. The molecule has 1 atom stereocenters. The number of carbonyl (C=O) groups excluding carboxylic acids is 2. The zero-order chi connectivity index (χ0) is 25.0. The monoisotopic (exact) mass is 488 g/mol. The number of thioether (sulfide) groups is 1. The van der Waals surface area contributed by atoms with Crippen LogP contribution in [0.2, 0.25) is 0 Å². The van der Waals surface area contributed by atoms with Crippen LogP contribution in [0.4, 0.5) is 9.59 Å². The third-order valence-electron chi connectivity index (χ3n) is 4.58. The molecular weight excluding hydrogens is 456 g/mol. The molecule has 0 spiro atoms. The fourth-order valence-corrected chi connectivity index (χ4v) is 4.05. The van der Waals surface area contributed by atoms with Gasteiger partial charge < -0.3 is 25.2 Å². The summed E-state index contributed by atoms with van der Waals surface area (Å²) in [5.74, 6) is -0.651. The first-order valence-electron chi connectivity index (χ1n) is 10.9. The van der Waals surface area contributed by atoms with Crippen molar-refractivity contribution >= 4 is 29.9 Å². The number of hydrogen-bond donors (Lipinski definition) is 3. The molecule has 2 amide bonds. The Morgan fingerprint density at radius 3 is 2.06 bits per heavy atom. The van der Waals surface area contributed by atoms with Gasteiger partial charge in [-0.1, -0.05) is 60.7 Å². The van der Waals surface area contributed by atoms with Crippen LogP contribution >= 0.6 is 11.8 Å². The molecule has 0 saturated heterocycles. The van der Waals surface area contributed by atoms with Crippen molar-refractivity contribution in [3.63, 3.8) is 0 Å². The molecule has 8 nitrogen and oxygen atoms in total. The largest absolute Gasteiger partial charge is 0.479 e. The van der Waals surface area contributed by atoms with Gasteiger partial charge in [-0.25, -0.2) is 14.4 Å². The molecule has 0 heterocycles. The molecule has 0 fully saturated rings. The Kier molecular flexibility index (Phi) is 10.2. The third-order valence-corrected chi connectivity index (χ3v) is 5.77. The molecule has 0 aliphatic heterocycles. The van der Waals surface area contributed by atoms with E-state index < -0.39 is 29.3 Å². The summed E-state index contributed by atoms with van der Waals surface area (Å²) < 4.78 is 10.5. The van der Waals surface area contributed by atoms with Crippen LogP contribution in [0.15, 0.2) is 60.7 Å². The molecule has 0 aliphatic carbocycles. The van der Waals surface area contributed by atoms with Crippen molar-refractivity contribution in [3.8, 4) is 0 Å². The number of carbonyl (C=O) groups is 3. The molecule has 0 saturated carbocycles. The van der Waals surface area contributed by atoms with Crippen molar-refractivity contribution in [2.24, 2.45) is 0 Å². The van der Waals surface area contributed by atoms with Crippen molar-refractivity contribution in [1.82, 2.24) is 10.6 Å². The number of hydrogen-bond acceptors (Lipinski definition) is 6. The van der Waals surface area contributed by atoms with Gasteiger partial charge in [-0.2, -0.15) is 11.8 Å². The van der Waals surface area contributed by atoms with E-state index >= 15 is 0 Å². The third kappa shape index (κ3) is 9.74. The molecule has 184 valence electrons. The SMILES string of the molecule is CC(C)(C)OC(=O)N[C@](CSCCNC(=O)OCc1ccccc1)(Cc1ccccc1)C(=O)O. The lowest BCUT2D eigenvalue weighted by Gasteiger charge is -2.32. The van der Waals surface area contributed by atoms with Crippen molar-refractivity contribution in [2.75, 3.05) is 18.1 Å². The normalized spacial score (nSPS) is 12.8. The van der Waals surface area contributed by atoms with E-state index in [1.807, 2.05) is 60.7 Å². The Balaban J connectivity index is 1.93.